The lowest BCUT2D eigenvalue weighted by Gasteiger charge is -2.43. The fourth-order valence-electron chi connectivity index (χ4n) is 4.32. The number of amides is 1. The topological polar surface area (TPSA) is 29.1 Å². The Morgan fingerprint density at radius 2 is 2.10 bits per heavy atom. The van der Waals surface area contributed by atoms with E-state index in [2.05, 4.69) is 57.9 Å². The molecule has 1 heterocycles. The van der Waals surface area contributed by atoms with Gasteiger partial charge in [0.25, 0.3) is 5.91 Å². The number of nitrogens with one attached hydrogen (secondary N) is 1. The van der Waals surface area contributed by atoms with E-state index in [0.29, 0.717) is 0 Å². The van der Waals surface area contributed by atoms with Crippen LogP contribution in [0.2, 0.25) is 0 Å². The van der Waals surface area contributed by atoms with Crippen LogP contribution in [0.3, 0.4) is 0 Å². The van der Waals surface area contributed by atoms with E-state index in [1.54, 1.807) is 0 Å². The van der Waals surface area contributed by atoms with Gasteiger partial charge in [-0.3, -0.25) is 4.79 Å². The molecule has 1 aromatic rings. The largest absolute Gasteiger partial charge is 0.348 e. The average Bonchev–Trinajstić information content (AvgIpc) is 2.95. The molecule has 1 aromatic heterocycles. The zero-order valence-electron chi connectivity index (χ0n) is 11.9. The van der Waals surface area contributed by atoms with Crippen LogP contribution in [0.25, 0.3) is 0 Å². The molecule has 0 saturated heterocycles. The zero-order chi connectivity index (χ0) is 14.7. The Bertz CT molecular complexity index is 544. The van der Waals surface area contributed by atoms with Crippen LogP contribution in [0.4, 0.5) is 0 Å². The van der Waals surface area contributed by atoms with Gasteiger partial charge in [0.15, 0.2) is 0 Å². The van der Waals surface area contributed by atoms with Crippen LogP contribution in [-0.2, 0) is 0 Å². The molecule has 3 atom stereocenters. The maximum Gasteiger partial charge on any atom is 0.261 e. The number of hydrogen-bond donors (Lipinski definition) is 1. The van der Waals surface area contributed by atoms with Crippen molar-refractivity contribution >= 4 is 49.1 Å². The van der Waals surface area contributed by atoms with Gasteiger partial charge in [-0.05, 0) is 73.9 Å². The van der Waals surface area contributed by atoms with Gasteiger partial charge < -0.3 is 5.32 Å². The number of halogens is 2. The van der Waals surface area contributed by atoms with Crippen molar-refractivity contribution in [2.75, 3.05) is 0 Å². The second kappa shape index (κ2) is 4.82. The Morgan fingerprint density at radius 3 is 2.60 bits per heavy atom. The van der Waals surface area contributed by atoms with E-state index in [1.807, 2.05) is 6.07 Å². The first-order chi connectivity index (χ1) is 9.24. The van der Waals surface area contributed by atoms with E-state index >= 15 is 0 Å². The summed E-state index contributed by atoms with van der Waals surface area (Å²) in [7, 11) is 0. The van der Waals surface area contributed by atoms with Crippen molar-refractivity contribution in [2.24, 2.45) is 16.7 Å². The van der Waals surface area contributed by atoms with Gasteiger partial charge in [0.05, 0.1) is 8.66 Å². The Morgan fingerprint density at radius 1 is 1.40 bits per heavy atom. The van der Waals surface area contributed by atoms with Gasteiger partial charge in [0.1, 0.15) is 0 Å². The van der Waals surface area contributed by atoms with E-state index in [-0.39, 0.29) is 22.8 Å². The molecule has 3 rings (SSSR count). The quantitative estimate of drug-likeness (QED) is 0.698. The van der Waals surface area contributed by atoms with Gasteiger partial charge in [-0.25, -0.2) is 0 Å². The fourth-order valence-corrected chi connectivity index (χ4v) is 6.26. The number of fused-ring (bicyclic) bond motifs is 2. The lowest BCUT2D eigenvalue weighted by atomic mass is 9.68. The average molecular weight is 421 g/mol. The lowest BCUT2D eigenvalue weighted by Crippen LogP contribution is -2.52. The molecule has 2 aliphatic rings. The molecule has 20 heavy (non-hydrogen) atoms. The summed E-state index contributed by atoms with van der Waals surface area (Å²) in [5.74, 6) is 0.813. The highest BCUT2D eigenvalue weighted by molar-refractivity contribution is 9.13. The lowest BCUT2D eigenvalue weighted by molar-refractivity contribution is 0.0741. The molecule has 1 N–H and O–H groups in total. The summed E-state index contributed by atoms with van der Waals surface area (Å²) in [6, 6.07) is 2.17. The third kappa shape index (κ3) is 2.20. The molecule has 110 valence electrons. The highest BCUT2D eigenvalue weighted by Crippen LogP contribution is 2.62. The normalized spacial score (nSPS) is 34.5. The number of rotatable bonds is 2. The van der Waals surface area contributed by atoms with Crippen LogP contribution in [-0.4, -0.2) is 11.9 Å². The van der Waals surface area contributed by atoms with Gasteiger partial charge in [-0.1, -0.05) is 20.8 Å². The first-order valence-corrected chi connectivity index (χ1v) is 9.40. The highest BCUT2D eigenvalue weighted by atomic mass is 79.9. The van der Waals surface area contributed by atoms with Gasteiger partial charge in [-0.2, -0.15) is 0 Å². The molecule has 2 saturated carbocycles. The monoisotopic (exact) mass is 419 g/mol. The van der Waals surface area contributed by atoms with Crippen molar-refractivity contribution in [1.82, 2.24) is 5.32 Å². The molecular formula is C15H19Br2NOS. The maximum atomic E-state index is 12.5. The van der Waals surface area contributed by atoms with Gasteiger partial charge >= 0.3 is 0 Å². The fraction of sp³-hybridized carbons (Fsp3) is 0.667. The number of hydrogen-bond acceptors (Lipinski definition) is 2. The Labute approximate surface area is 141 Å². The molecule has 0 aromatic carbocycles. The predicted molar refractivity (Wildman–Crippen MR) is 90.2 cm³/mol. The van der Waals surface area contributed by atoms with Crippen LogP contribution in [0, 0.1) is 16.7 Å². The van der Waals surface area contributed by atoms with Crippen molar-refractivity contribution in [2.45, 2.75) is 46.1 Å². The predicted octanol–water partition coefficient (Wildman–Crippen LogP) is 5.22. The minimum absolute atomic E-state index is 0.0632. The van der Waals surface area contributed by atoms with Gasteiger partial charge in [-0.15, -0.1) is 11.3 Å². The van der Waals surface area contributed by atoms with E-state index in [4.69, 9.17) is 0 Å². The summed E-state index contributed by atoms with van der Waals surface area (Å²) in [6.07, 6.45) is 3.80. The standard InChI is InChI=1S/C15H19Br2NOS/c1-14(2)8-4-5-15(3,7-8)13(14)18-12(19)10-6-9(16)11(17)20-10/h6,8,13H,4-5,7H2,1-3H3,(H,18,19). The van der Waals surface area contributed by atoms with Crippen LogP contribution in [0.5, 0.6) is 0 Å². The van der Waals surface area contributed by atoms with E-state index in [1.165, 1.54) is 30.6 Å². The van der Waals surface area contributed by atoms with Crippen LogP contribution in [0.1, 0.15) is 49.7 Å². The molecule has 2 aliphatic carbocycles. The second-order valence-corrected chi connectivity index (χ2v) is 10.3. The Balaban J connectivity index is 1.82. The summed E-state index contributed by atoms with van der Waals surface area (Å²) in [5.41, 5.74) is 0.476. The second-order valence-electron chi connectivity index (χ2n) is 7.05. The van der Waals surface area contributed by atoms with E-state index < -0.39 is 0 Å². The molecule has 3 unspecified atom stereocenters. The first kappa shape index (κ1) is 15.0. The van der Waals surface area contributed by atoms with Crippen molar-refractivity contribution in [3.05, 3.63) is 19.2 Å². The Hall–Kier alpha value is 0.130. The third-order valence-corrected chi connectivity index (χ3v) is 8.67. The summed E-state index contributed by atoms with van der Waals surface area (Å²) in [4.78, 5) is 13.3. The maximum absolute atomic E-state index is 12.5. The van der Waals surface area contributed by atoms with Crippen molar-refractivity contribution in [3.8, 4) is 0 Å². The highest BCUT2D eigenvalue weighted by Gasteiger charge is 2.59. The summed E-state index contributed by atoms with van der Waals surface area (Å²) in [5, 5.41) is 3.33. The van der Waals surface area contributed by atoms with Crippen LogP contribution >= 0.6 is 43.2 Å². The van der Waals surface area contributed by atoms with Crippen LogP contribution < -0.4 is 5.32 Å². The summed E-state index contributed by atoms with van der Waals surface area (Å²) >= 11 is 8.38. The molecule has 5 heteroatoms. The van der Waals surface area contributed by atoms with Crippen molar-refractivity contribution in [3.63, 3.8) is 0 Å². The minimum Gasteiger partial charge on any atom is -0.348 e. The molecule has 1 amide bonds. The van der Waals surface area contributed by atoms with Gasteiger partial charge in [0, 0.05) is 10.5 Å². The SMILES string of the molecule is CC12CCC(C1)C(C)(C)C2NC(=O)c1cc(Br)c(Br)s1. The number of carbonyl (C=O) groups excluding carboxylic acids is 1. The van der Waals surface area contributed by atoms with E-state index in [9.17, 15) is 4.79 Å². The zero-order valence-corrected chi connectivity index (χ0v) is 15.9. The molecule has 2 fully saturated rings. The van der Waals surface area contributed by atoms with Crippen molar-refractivity contribution in [1.29, 1.82) is 0 Å². The number of thiophene rings is 1. The smallest absolute Gasteiger partial charge is 0.261 e. The van der Waals surface area contributed by atoms with Crippen molar-refractivity contribution < 1.29 is 4.79 Å². The summed E-state index contributed by atoms with van der Waals surface area (Å²) in [6.45, 7) is 6.97. The van der Waals surface area contributed by atoms with Crippen LogP contribution in [0.15, 0.2) is 14.3 Å². The molecule has 2 nitrogen and oxygen atoms in total. The molecule has 2 bridgehead atoms. The first-order valence-electron chi connectivity index (χ1n) is 7.00. The minimum atomic E-state index is 0.0632. The number of carbonyl (C=O) groups is 1. The molecule has 0 radical (unpaired) electrons. The molecule has 0 aliphatic heterocycles. The Kier molecular flexibility index (Phi) is 3.62. The molecular weight excluding hydrogens is 402 g/mol. The molecule has 0 spiro atoms. The third-order valence-electron chi connectivity index (χ3n) is 5.41. The van der Waals surface area contributed by atoms with E-state index in [0.717, 1.165) is 19.1 Å². The summed E-state index contributed by atoms with van der Waals surface area (Å²) < 4.78 is 1.92. The van der Waals surface area contributed by atoms with Gasteiger partial charge in [0.2, 0.25) is 0 Å².